The summed E-state index contributed by atoms with van der Waals surface area (Å²) in [5.41, 5.74) is 2.90. The minimum Gasteiger partial charge on any atom is -0.491 e. The van der Waals surface area contributed by atoms with Crippen LogP contribution >= 0.6 is 11.6 Å². The number of halogens is 1. The molecule has 22 heavy (non-hydrogen) atoms. The summed E-state index contributed by atoms with van der Waals surface area (Å²) in [6.45, 7) is 7.60. The monoisotopic (exact) mass is 322 g/mol. The Morgan fingerprint density at radius 2 is 2.14 bits per heavy atom. The summed E-state index contributed by atoms with van der Waals surface area (Å²) in [6.07, 6.45) is 0.233. The van der Waals surface area contributed by atoms with Crippen LogP contribution in [-0.2, 0) is 11.2 Å². The number of nitrogens with one attached hydrogen (secondary N) is 1. The molecular formula is C16H19ClN2O3. The Hall–Kier alpha value is -2.01. The van der Waals surface area contributed by atoms with Gasteiger partial charge < -0.3 is 14.6 Å². The van der Waals surface area contributed by atoms with Gasteiger partial charge >= 0.3 is 0 Å². The molecule has 1 N–H and O–H groups in total. The van der Waals surface area contributed by atoms with Crippen LogP contribution in [0.25, 0.3) is 0 Å². The van der Waals surface area contributed by atoms with E-state index in [-0.39, 0.29) is 23.7 Å². The first-order chi connectivity index (χ1) is 10.4. The molecule has 0 aliphatic carbocycles. The zero-order valence-corrected chi connectivity index (χ0v) is 13.8. The number of carbonyl (C=O) groups is 1. The van der Waals surface area contributed by atoms with Gasteiger partial charge in [-0.05, 0) is 63.1 Å². The number of anilines is 1. The standard InChI is InChI=1S/C16H19ClN2O3/c1-9(2)21-12-5-6-14(10(3)7-12)18-15(20)8-13-11(4)19-22-16(13)17/h5-7,9H,8H2,1-4H3,(H,18,20). The van der Waals surface area contributed by atoms with E-state index in [2.05, 4.69) is 10.5 Å². The zero-order chi connectivity index (χ0) is 16.3. The van der Waals surface area contributed by atoms with Gasteiger partial charge in [-0.3, -0.25) is 4.79 Å². The molecule has 0 bridgehead atoms. The molecule has 0 aliphatic heterocycles. The van der Waals surface area contributed by atoms with Gasteiger partial charge in [-0.15, -0.1) is 0 Å². The molecule has 6 heteroatoms. The van der Waals surface area contributed by atoms with Crippen molar-refractivity contribution in [1.29, 1.82) is 0 Å². The van der Waals surface area contributed by atoms with Crippen molar-refractivity contribution in [3.8, 4) is 5.75 Å². The molecule has 2 aromatic rings. The molecule has 0 saturated heterocycles. The van der Waals surface area contributed by atoms with Gasteiger partial charge in [0.05, 0.1) is 18.2 Å². The molecule has 0 spiro atoms. The average Bonchev–Trinajstić information content (AvgIpc) is 2.73. The fourth-order valence-electron chi connectivity index (χ4n) is 2.04. The molecule has 1 amide bonds. The quantitative estimate of drug-likeness (QED) is 0.906. The minimum absolute atomic E-state index is 0.110. The zero-order valence-electron chi connectivity index (χ0n) is 13.1. The smallest absolute Gasteiger partial charge is 0.229 e. The summed E-state index contributed by atoms with van der Waals surface area (Å²) < 4.78 is 10.5. The average molecular weight is 323 g/mol. The maximum absolute atomic E-state index is 12.1. The van der Waals surface area contributed by atoms with Crippen molar-refractivity contribution >= 4 is 23.2 Å². The third-order valence-electron chi connectivity index (χ3n) is 3.12. The Kier molecular flexibility index (Phi) is 5.08. The first-order valence-electron chi connectivity index (χ1n) is 7.04. The first kappa shape index (κ1) is 16.4. The van der Waals surface area contributed by atoms with E-state index in [1.54, 1.807) is 6.92 Å². The molecular weight excluding hydrogens is 304 g/mol. The fraction of sp³-hybridized carbons (Fsp3) is 0.375. The lowest BCUT2D eigenvalue weighted by Crippen LogP contribution is -2.15. The summed E-state index contributed by atoms with van der Waals surface area (Å²) in [7, 11) is 0. The summed E-state index contributed by atoms with van der Waals surface area (Å²) in [4.78, 5) is 12.1. The lowest BCUT2D eigenvalue weighted by Gasteiger charge is -2.13. The molecule has 0 saturated carbocycles. The Morgan fingerprint density at radius 3 is 2.68 bits per heavy atom. The van der Waals surface area contributed by atoms with Crippen LogP contribution in [0.4, 0.5) is 5.69 Å². The second kappa shape index (κ2) is 6.83. The minimum atomic E-state index is -0.172. The molecule has 0 unspecified atom stereocenters. The van der Waals surface area contributed by atoms with Crippen LogP contribution in [0.3, 0.4) is 0 Å². The van der Waals surface area contributed by atoms with Gasteiger partial charge in [0, 0.05) is 11.3 Å². The number of hydrogen-bond donors (Lipinski definition) is 1. The van der Waals surface area contributed by atoms with Crippen LogP contribution in [0.1, 0.15) is 30.7 Å². The topological polar surface area (TPSA) is 64.4 Å². The predicted octanol–water partition coefficient (Wildman–Crippen LogP) is 3.91. The highest BCUT2D eigenvalue weighted by Gasteiger charge is 2.15. The Labute approximate surface area is 134 Å². The van der Waals surface area contributed by atoms with Gasteiger partial charge in [-0.25, -0.2) is 0 Å². The number of rotatable bonds is 5. The van der Waals surface area contributed by atoms with Gasteiger partial charge in [0.1, 0.15) is 5.75 Å². The molecule has 0 radical (unpaired) electrons. The van der Waals surface area contributed by atoms with Gasteiger partial charge in [0.25, 0.3) is 0 Å². The van der Waals surface area contributed by atoms with Crippen LogP contribution in [0.15, 0.2) is 22.7 Å². The fourth-order valence-corrected chi connectivity index (χ4v) is 2.27. The summed E-state index contributed by atoms with van der Waals surface area (Å²) in [5, 5.41) is 6.75. The van der Waals surface area contributed by atoms with E-state index in [4.69, 9.17) is 20.9 Å². The Bertz CT molecular complexity index is 661. The Balaban J connectivity index is 2.06. The number of ether oxygens (including phenoxy) is 1. The molecule has 0 fully saturated rings. The molecule has 0 aliphatic rings. The lowest BCUT2D eigenvalue weighted by atomic mass is 10.1. The number of hydrogen-bond acceptors (Lipinski definition) is 4. The predicted molar refractivity (Wildman–Crippen MR) is 85.5 cm³/mol. The van der Waals surface area contributed by atoms with Crippen molar-refractivity contribution in [3.63, 3.8) is 0 Å². The van der Waals surface area contributed by atoms with Crippen molar-refractivity contribution in [3.05, 3.63) is 40.2 Å². The van der Waals surface area contributed by atoms with Crippen LogP contribution < -0.4 is 10.1 Å². The number of carbonyl (C=O) groups excluding carboxylic acids is 1. The summed E-state index contributed by atoms with van der Waals surface area (Å²) >= 11 is 5.87. The number of aryl methyl sites for hydroxylation is 2. The largest absolute Gasteiger partial charge is 0.491 e. The molecule has 1 heterocycles. The molecule has 1 aromatic heterocycles. The van der Waals surface area contributed by atoms with Gasteiger partial charge in [0.2, 0.25) is 11.1 Å². The van der Waals surface area contributed by atoms with E-state index in [1.807, 2.05) is 39.0 Å². The third-order valence-corrected chi connectivity index (χ3v) is 3.41. The van der Waals surface area contributed by atoms with E-state index in [0.29, 0.717) is 11.3 Å². The van der Waals surface area contributed by atoms with E-state index >= 15 is 0 Å². The van der Waals surface area contributed by atoms with Crippen molar-refractivity contribution in [2.45, 2.75) is 40.2 Å². The highest BCUT2D eigenvalue weighted by molar-refractivity contribution is 6.29. The van der Waals surface area contributed by atoms with Crippen molar-refractivity contribution in [2.24, 2.45) is 0 Å². The summed E-state index contributed by atoms with van der Waals surface area (Å²) in [6, 6.07) is 5.56. The van der Waals surface area contributed by atoms with Gasteiger partial charge in [0.15, 0.2) is 0 Å². The second-order valence-corrected chi connectivity index (χ2v) is 5.73. The molecule has 2 rings (SSSR count). The molecule has 0 atom stereocenters. The normalized spacial score (nSPS) is 10.8. The van der Waals surface area contributed by atoms with Crippen LogP contribution in [0, 0.1) is 13.8 Å². The summed E-state index contributed by atoms with van der Waals surface area (Å²) in [5.74, 6) is 0.609. The maximum atomic E-state index is 12.1. The van der Waals surface area contributed by atoms with E-state index in [9.17, 15) is 4.79 Å². The molecule has 118 valence electrons. The van der Waals surface area contributed by atoms with Gasteiger partial charge in [-0.2, -0.15) is 0 Å². The maximum Gasteiger partial charge on any atom is 0.229 e. The first-order valence-corrected chi connectivity index (χ1v) is 7.42. The number of amides is 1. The van der Waals surface area contributed by atoms with Crippen molar-refractivity contribution in [2.75, 3.05) is 5.32 Å². The Morgan fingerprint density at radius 1 is 1.41 bits per heavy atom. The third kappa shape index (κ3) is 4.01. The number of nitrogens with zero attached hydrogens (tertiary/aromatic N) is 1. The van der Waals surface area contributed by atoms with Crippen molar-refractivity contribution < 1.29 is 14.1 Å². The second-order valence-electron chi connectivity index (χ2n) is 5.39. The van der Waals surface area contributed by atoms with E-state index in [1.165, 1.54) is 0 Å². The number of aromatic nitrogens is 1. The highest BCUT2D eigenvalue weighted by atomic mass is 35.5. The van der Waals surface area contributed by atoms with Crippen LogP contribution in [0.2, 0.25) is 5.22 Å². The SMILES string of the molecule is Cc1cc(OC(C)C)ccc1NC(=O)Cc1c(C)noc1Cl. The van der Waals surface area contributed by atoms with E-state index < -0.39 is 0 Å². The van der Waals surface area contributed by atoms with Crippen LogP contribution in [0.5, 0.6) is 5.75 Å². The molecule has 5 nitrogen and oxygen atoms in total. The molecule has 1 aromatic carbocycles. The highest BCUT2D eigenvalue weighted by Crippen LogP contribution is 2.24. The van der Waals surface area contributed by atoms with Gasteiger partial charge in [-0.1, -0.05) is 5.16 Å². The number of benzene rings is 1. The van der Waals surface area contributed by atoms with Crippen molar-refractivity contribution in [1.82, 2.24) is 5.16 Å². The lowest BCUT2D eigenvalue weighted by molar-refractivity contribution is -0.115. The van der Waals surface area contributed by atoms with Crippen LogP contribution in [-0.4, -0.2) is 17.2 Å². The van der Waals surface area contributed by atoms with E-state index in [0.717, 1.165) is 17.0 Å².